The zero-order valence-electron chi connectivity index (χ0n) is 14.4. The molecule has 4 rings (SSSR count). The summed E-state index contributed by atoms with van der Waals surface area (Å²) in [5, 5.41) is 0.794. The van der Waals surface area contributed by atoms with Gasteiger partial charge in [-0.15, -0.1) is 11.3 Å². The molecule has 0 radical (unpaired) electrons. The third-order valence-electron chi connectivity index (χ3n) is 4.11. The Morgan fingerprint density at radius 2 is 2.12 bits per heavy atom. The zero-order valence-corrected chi connectivity index (χ0v) is 15.2. The topological polar surface area (TPSA) is 64.5 Å². The SMILES string of the molecule is COc1ccc2c(c1)N(C(=O)c1cnc(-c3ccncc3)s1)CC(C)O2. The van der Waals surface area contributed by atoms with Gasteiger partial charge in [0.25, 0.3) is 5.91 Å². The second-order valence-electron chi connectivity index (χ2n) is 5.94. The molecule has 0 saturated carbocycles. The maximum Gasteiger partial charge on any atom is 0.270 e. The lowest BCUT2D eigenvalue weighted by Crippen LogP contribution is -2.42. The fourth-order valence-electron chi connectivity index (χ4n) is 2.87. The third kappa shape index (κ3) is 3.01. The summed E-state index contributed by atoms with van der Waals surface area (Å²) in [5.41, 5.74) is 1.66. The van der Waals surface area contributed by atoms with Crippen molar-refractivity contribution < 1.29 is 14.3 Å². The first-order chi connectivity index (χ1) is 12.7. The van der Waals surface area contributed by atoms with Crippen LogP contribution in [0.1, 0.15) is 16.6 Å². The number of ether oxygens (including phenoxy) is 2. The Hall–Kier alpha value is -2.93. The molecular formula is C19H17N3O3S. The first kappa shape index (κ1) is 16.5. The Morgan fingerprint density at radius 3 is 2.88 bits per heavy atom. The maximum atomic E-state index is 13.1. The molecule has 0 fully saturated rings. The molecule has 2 aromatic heterocycles. The van der Waals surface area contributed by atoms with E-state index in [2.05, 4.69) is 9.97 Å². The van der Waals surface area contributed by atoms with E-state index >= 15 is 0 Å². The highest BCUT2D eigenvalue weighted by atomic mass is 32.1. The first-order valence-corrected chi connectivity index (χ1v) is 9.00. The summed E-state index contributed by atoms with van der Waals surface area (Å²) in [4.78, 5) is 23.9. The molecule has 1 unspecified atom stereocenters. The molecule has 0 saturated heterocycles. The molecule has 6 nitrogen and oxygen atoms in total. The molecule has 1 amide bonds. The van der Waals surface area contributed by atoms with Crippen molar-refractivity contribution in [2.45, 2.75) is 13.0 Å². The number of hydrogen-bond acceptors (Lipinski definition) is 6. The van der Waals surface area contributed by atoms with Gasteiger partial charge in [-0.2, -0.15) is 0 Å². The number of amides is 1. The lowest BCUT2D eigenvalue weighted by molar-refractivity contribution is 0.0964. The van der Waals surface area contributed by atoms with Crippen LogP contribution in [0.2, 0.25) is 0 Å². The molecule has 26 heavy (non-hydrogen) atoms. The minimum absolute atomic E-state index is 0.0903. The number of nitrogens with zero attached hydrogens (tertiary/aromatic N) is 3. The van der Waals surface area contributed by atoms with E-state index in [-0.39, 0.29) is 12.0 Å². The average molecular weight is 367 g/mol. The van der Waals surface area contributed by atoms with E-state index < -0.39 is 0 Å². The normalized spacial score (nSPS) is 15.9. The molecule has 1 aromatic carbocycles. The van der Waals surface area contributed by atoms with Gasteiger partial charge in [0.15, 0.2) is 0 Å². The molecule has 3 heterocycles. The van der Waals surface area contributed by atoms with Crippen LogP contribution in [0.15, 0.2) is 48.9 Å². The van der Waals surface area contributed by atoms with Crippen LogP contribution in [0.3, 0.4) is 0 Å². The van der Waals surface area contributed by atoms with Crippen LogP contribution < -0.4 is 14.4 Å². The van der Waals surface area contributed by atoms with Crippen molar-refractivity contribution in [3.8, 4) is 22.1 Å². The fraction of sp³-hybridized carbons (Fsp3) is 0.211. The quantitative estimate of drug-likeness (QED) is 0.707. The van der Waals surface area contributed by atoms with E-state index in [1.807, 2.05) is 37.3 Å². The van der Waals surface area contributed by atoms with Gasteiger partial charge in [-0.25, -0.2) is 4.98 Å². The minimum Gasteiger partial charge on any atom is -0.497 e. The highest BCUT2D eigenvalue weighted by Gasteiger charge is 2.30. The summed E-state index contributed by atoms with van der Waals surface area (Å²) >= 11 is 1.37. The monoisotopic (exact) mass is 367 g/mol. The Labute approximate surface area is 155 Å². The van der Waals surface area contributed by atoms with Gasteiger partial charge in [0, 0.05) is 24.0 Å². The van der Waals surface area contributed by atoms with Gasteiger partial charge in [-0.3, -0.25) is 9.78 Å². The number of methoxy groups -OCH3 is 1. The van der Waals surface area contributed by atoms with Crippen molar-refractivity contribution in [3.05, 3.63) is 53.8 Å². The summed E-state index contributed by atoms with van der Waals surface area (Å²) in [7, 11) is 1.60. The van der Waals surface area contributed by atoms with Crippen LogP contribution >= 0.6 is 11.3 Å². The molecule has 7 heteroatoms. The molecule has 0 N–H and O–H groups in total. The number of rotatable bonds is 3. The molecule has 1 aliphatic heterocycles. The van der Waals surface area contributed by atoms with E-state index in [9.17, 15) is 4.79 Å². The van der Waals surface area contributed by atoms with E-state index in [1.165, 1.54) is 11.3 Å². The van der Waals surface area contributed by atoms with Gasteiger partial charge >= 0.3 is 0 Å². The zero-order chi connectivity index (χ0) is 18.1. The molecule has 0 aliphatic carbocycles. The second-order valence-corrected chi connectivity index (χ2v) is 6.97. The summed E-state index contributed by atoms with van der Waals surface area (Å²) in [5.74, 6) is 1.27. The van der Waals surface area contributed by atoms with Gasteiger partial charge < -0.3 is 14.4 Å². The molecule has 0 spiro atoms. The third-order valence-corrected chi connectivity index (χ3v) is 5.15. The van der Waals surface area contributed by atoms with Crippen LogP contribution in [0, 0.1) is 0 Å². The Balaban J connectivity index is 1.68. The van der Waals surface area contributed by atoms with E-state index in [4.69, 9.17) is 9.47 Å². The Kier molecular flexibility index (Phi) is 4.30. The van der Waals surface area contributed by atoms with Gasteiger partial charge in [0.05, 0.1) is 25.5 Å². The van der Waals surface area contributed by atoms with Gasteiger partial charge in [-0.05, 0) is 31.2 Å². The van der Waals surface area contributed by atoms with Crippen LogP contribution in [0.4, 0.5) is 5.69 Å². The largest absolute Gasteiger partial charge is 0.497 e. The number of aromatic nitrogens is 2. The van der Waals surface area contributed by atoms with Crippen molar-refractivity contribution in [2.75, 3.05) is 18.6 Å². The molecule has 3 aromatic rings. The van der Waals surface area contributed by atoms with Crippen LogP contribution in [-0.4, -0.2) is 35.6 Å². The average Bonchev–Trinajstić information content (AvgIpc) is 3.17. The molecule has 1 atom stereocenters. The number of pyridine rings is 1. The lowest BCUT2D eigenvalue weighted by atomic mass is 10.2. The number of thiazole rings is 1. The molecular weight excluding hydrogens is 350 g/mol. The lowest BCUT2D eigenvalue weighted by Gasteiger charge is -2.33. The Morgan fingerprint density at radius 1 is 1.31 bits per heavy atom. The molecule has 1 aliphatic rings. The van der Waals surface area contributed by atoms with Crippen molar-refractivity contribution >= 4 is 22.9 Å². The number of benzene rings is 1. The van der Waals surface area contributed by atoms with E-state index in [0.717, 1.165) is 10.6 Å². The summed E-state index contributed by atoms with van der Waals surface area (Å²) in [6.07, 6.45) is 4.96. The predicted octanol–water partition coefficient (Wildman–Crippen LogP) is 3.64. The molecule has 132 valence electrons. The van der Waals surface area contributed by atoms with E-state index in [0.29, 0.717) is 28.6 Å². The van der Waals surface area contributed by atoms with Crippen molar-refractivity contribution in [1.29, 1.82) is 0 Å². The standard InChI is InChI=1S/C19H17N3O3S/c1-12-11-22(15-9-14(24-2)3-4-16(15)25-12)19(23)17-10-21-18(26-17)13-5-7-20-8-6-13/h3-10,12H,11H2,1-2H3. The fourth-order valence-corrected chi connectivity index (χ4v) is 3.74. The van der Waals surface area contributed by atoms with Crippen molar-refractivity contribution in [3.63, 3.8) is 0 Å². The highest BCUT2D eigenvalue weighted by Crippen LogP contribution is 2.38. The van der Waals surface area contributed by atoms with Crippen molar-refractivity contribution in [1.82, 2.24) is 9.97 Å². The van der Waals surface area contributed by atoms with Crippen LogP contribution in [0.25, 0.3) is 10.6 Å². The number of fused-ring (bicyclic) bond motifs is 1. The van der Waals surface area contributed by atoms with Gasteiger partial charge in [-0.1, -0.05) is 0 Å². The van der Waals surface area contributed by atoms with Crippen molar-refractivity contribution in [2.24, 2.45) is 0 Å². The number of carbonyl (C=O) groups is 1. The van der Waals surface area contributed by atoms with Gasteiger partial charge in [0.1, 0.15) is 27.5 Å². The number of carbonyl (C=O) groups excluding carboxylic acids is 1. The smallest absolute Gasteiger partial charge is 0.270 e. The number of anilines is 1. The summed E-state index contributed by atoms with van der Waals surface area (Å²) in [6, 6.07) is 9.24. The summed E-state index contributed by atoms with van der Waals surface area (Å²) in [6.45, 7) is 2.42. The molecule has 0 bridgehead atoms. The minimum atomic E-state index is -0.0903. The van der Waals surface area contributed by atoms with Crippen LogP contribution in [0.5, 0.6) is 11.5 Å². The predicted molar refractivity (Wildman–Crippen MR) is 100 cm³/mol. The second kappa shape index (κ2) is 6.76. The van der Waals surface area contributed by atoms with E-state index in [1.54, 1.807) is 30.6 Å². The summed E-state index contributed by atoms with van der Waals surface area (Å²) < 4.78 is 11.1. The highest BCUT2D eigenvalue weighted by molar-refractivity contribution is 7.17. The van der Waals surface area contributed by atoms with Gasteiger partial charge in [0.2, 0.25) is 0 Å². The number of hydrogen-bond donors (Lipinski definition) is 0. The first-order valence-electron chi connectivity index (χ1n) is 8.18. The Bertz CT molecular complexity index is 942. The maximum absolute atomic E-state index is 13.1. The van der Waals surface area contributed by atoms with Crippen LogP contribution in [-0.2, 0) is 0 Å².